The molecular formula is C13H15N3O3. The Morgan fingerprint density at radius 1 is 1.32 bits per heavy atom. The van der Waals surface area contributed by atoms with Crippen molar-refractivity contribution in [2.45, 2.75) is 19.4 Å². The smallest absolute Gasteiger partial charge is 0.309 e. The van der Waals surface area contributed by atoms with Gasteiger partial charge in [-0.05, 0) is 12.1 Å². The predicted octanol–water partition coefficient (Wildman–Crippen LogP) is 1.37. The molecule has 100 valence electrons. The number of aromatic nitrogens is 3. The van der Waals surface area contributed by atoms with E-state index in [1.807, 2.05) is 30.3 Å². The molecule has 1 N–H and O–H groups in total. The summed E-state index contributed by atoms with van der Waals surface area (Å²) < 4.78 is 7.15. The molecule has 0 saturated heterocycles. The number of carboxylic acid groups (broad SMARTS) is 1. The lowest BCUT2D eigenvalue weighted by molar-refractivity contribution is -0.136. The summed E-state index contributed by atoms with van der Waals surface area (Å²) in [6, 6.07) is 9.55. The third kappa shape index (κ3) is 4.09. The van der Waals surface area contributed by atoms with Gasteiger partial charge in [0.25, 0.3) is 0 Å². The second-order valence-corrected chi connectivity index (χ2v) is 4.03. The molecule has 1 aromatic heterocycles. The maximum atomic E-state index is 10.6. The van der Waals surface area contributed by atoms with E-state index in [0.29, 0.717) is 18.8 Å². The van der Waals surface area contributed by atoms with Crippen LogP contribution in [0.15, 0.2) is 36.5 Å². The lowest BCUT2D eigenvalue weighted by Gasteiger charge is -2.07. The number of aryl methyl sites for hydroxylation is 1. The highest BCUT2D eigenvalue weighted by Gasteiger charge is 2.07. The van der Waals surface area contributed by atoms with Crippen molar-refractivity contribution in [2.24, 2.45) is 0 Å². The summed E-state index contributed by atoms with van der Waals surface area (Å²) in [5, 5.41) is 16.3. The zero-order valence-electron chi connectivity index (χ0n) is 10.4. The molecule has 0 atom stereocenters. The number of nitrogens with zero attached hydrogens (tertiary/aromatic N) is 3. The van der Waals surface area contributed by atoms with Gasteiger partial charge in [0.1, 0.15) is 5.75 Å². The van der Waals surface area contributed by atoms with Crippen LogP contribution in [0.2, 0.25) is 0 Å². The number of rotatable bonds is 7. The van der Waals surface area contributed by atoms with Crippen molar-refractivity contribution in [2.75, 3.05) is 6.61 Å². The van der Waals surface area contributed by atoms with Crippen molar-refractivity contribution >= 4 is 5.97 Å². The summed E-state index contributed by atoms with van der Waals surface area (Å²) in [6.07, 6.45) is 2.16. The molecule has 0 saturated carbocycles. The molecule has 0 aliphatic rings. The average molecular weight is 261 g/mol. The highest BCUT2D eigenvalue weighted by atomic mass is 16.5. The summed E-state index contributed by atoms with van der Waals surface area (Å²) in [6.45, 7) is 1.14. The summed E-state index contributed by atoms with van der Waals surface area (Å²) in [7, 11) is 0. The molecule has 19 heavy (non-hydrogen) atoms. The maximum absolute atomic E-state index is 10.6. The first kappa shape index (κ1) is 13.1. The van der Waals surface area contributed by atoms with Crippen molar-refractivity contribution in [3.8, 4) is 5.75 Å². The largest absolute Gasteiger partial charge is 0.494 e. The molecule has 2 aromatic rings. The van der Waals surface area contributed by atoms with Crippen molar-refractivity contribution < 1.29 is 14.6 Å². The van der Waals surface area contributed by atoms with E-state index in [1.54, 1.807) is 4.68 Å². The molecule has 6 heteroatoms. The summed E-state index contributed by atoms with van der Waals surface area (Å²) >= 11 is 0. The van der Waals surface area contributed by atoms with E-state index in [4.69, 9.17) is 9.84 Å². The Balaban J connectivity index is 1.77. The van der Waals surface area contributed by atoms with Crippen LogP contribution in [-0.2, 0) is 17.8 Å². The second-order valence-electron chi connectivity index (χ2n) is 4.03. The summed E-state index contributed by atoms with van der Waals surface area (Å²) in [4.78, 5) is 10.6. The molecule has 6 nitrogen and oxygen atoms in total. The minimum absolute atomic E-state index is 0.0630. The molecule has 0 fully saturated rings. The Morgan fingerprint density at radius 2 is 2.11 bits per heavy atom. The van der Waals surface area contributed by atoms with Crippen molar-refractivity contribution in [3.05, 3.63) is 42.2 Å². The third-order valence-corrected chi connectivity index (χ3v) is 2.56. The number of carbonyl (C=O) groups is 1. The van der Waals surface area contributed by atoms with Crippen LogP contribution in [0.4, 0.5) is 0 Å². The first-order valence-corrected chi connectivity index (χ1v) is 6.03. The Bertz CT molecular complexity index is 525. The van der Waals surface area contributed by atoms with Gasteiger partial charge in [-0.15, -0.1) is 5.10 Å². The zero-order chi connectivity index (χ0) is 13.5. The number of benzene rings is 1. The lowest BCUT2D eigenvalue weighted by Crippen LogP contribution is -2.11. The quantitative estimate of drug-likeness (QED) is 0.762. The second kappa shape index (κ2) is 6.53. The molecule has 0 radical (unpaired) electrons. The first-order valence-electron chi connectivity index (χ1n) is 6.03. The molecule has 0 spiro atoms. The fraction of sp³-hybridized carbons (Fsp3) is 0.308. The number of hydrogen-bond donors (Lipinski definition) is 1. The molecule has 1 heterocycles. The minimum Gasteiger partial charge on any atom is -0.494 e. The molecule has 0 amide bonds. The highest BCUT2D eigenvalue weighted by Crippen LogP contribution is 2.08. The van der Waals surface area contributed by atoms with E-state index in [-0.39, 0.29) is 6.42 Å². The van der Waals surface area contributed by atoms with E-state index in [2.05, 4.69) is 10.3 Å². The van der Waals surface area contributed by atoms with Crippen LogP contribution in [0.3, 0.4) is 0 Å². The molecule has 0 aliphatic carbocycles. The normalized spacial score (nSPS) is 10.3. The Hall–Kier alpha value is -2.37. The van der Waals surface area contributed by atoms with E-state index in [9.17, 15) is 4.79 Å². The van der Waals surface area contributed by atoms with Crippen LogP contribution < -0.4 is 4.74 Å². The van der Waals surface area contributed by atoms with Gasteiger partial charge in [-0.2, -0.15) is 0 Å². The van der Waals surface area contributed by atoms with Crippen LogP contribution in [0.5, 0.6) is 5.75 Å². The zero-order valence-corrected chi connectivity index (χ0v) is 10.4. The van der Waals surface area contributed by atoms with Crippen LogP contribution in [0.25, 0.3) is 0 Å². The van der Waals surface area contributed by atoms with Gasteiger partial charge < -0.3 is 9.84 Å². The molecular weight excluding hydrogens is 246 g/mol. The predicted molar refractivity (Wildman–Crippen MR) is 67.9 cm³/mol. The van der Waals surface area contributed by atoms with Crippen LogP contribution in [0, 0.1) is 0 Å². The van der Waals surface area contributed by atoms with Crippen molar-refractivity contribution in [1.82, 2.24) is 15.0 Å². The Labute approximate surface area is 110 Å². The maximum Gasteiger partial charge on any atom is 0.309 e. The first-order chi connectivity index (χ1) is 9.25. The van der Waals surface area contributed by atoms with Gasteiger partial charge >= 0.3 is 5.97 Å². The third-order valence-electron chi connectivity index (χ3n) is 2.56. The number of aliphatic carboxylic acids is 1. The van der Waals surface area contributed by atoms with Crippen molar-refractivity contribution in [3.63, 3.8) is 0 Å². The van der Waals surface area contributed by atoms with Gasteiger partial charge in [-0.25, -0.2) is 4.68 Å². The van der Waals surface area contributed by atoms with Crippen LogP contribution in [0.1, 0.15) is 12.1 Å². The van der Waals surface area contributed by atoms with E-state index in [1.165, 1.54) is 6.20 Å². The molecule has 0 aliphatic heterocycles. The number of carboxylic acids is 1. The fourth-order valence-corrected chi connectivity index (χ4v) is 1.68. The Kier molecular flexibility index (Phi) is 4.49. The van der Waals surface area contributed by atoms with Crippen LogP contribution >= 0.6 is 0 Å². The average Bonchev–Trinajstić information content (AvgIpc) is 2.82. The summed E-state index contributed by atoms with van der Waals surface area (Å²) in [5.74, 6) is -0.0593. The van der Waals surface area contributed by atoms with Gasteiger partial charge in [-0.1, -0.05) is 23.4 Å². The fourth-order valence-electron chi connectivity index (χ4n) is 1.68. The monoisotopic (exact) mass is 261 g/mol. The van der Waals surface area contributed by atoms with Crippen LogP contribution in [-0.4, -0.2) is 32.7 Å². The lowest BCUT2D eigenvalue weighted by atomic mass is 10.3. The number of ether oxygens (including phenoxy) is 1. The van der Waals surface area contributed by atoms with Gasteiger partial charge in [-0.3, -0.25) is 4.79 Å². The minimum atomic E-state index is -0.885. The van der Waals surface area contributed by atoms with E-state index < -0.39 is 5.97 Å². The topological polar surface area (TPSA) is 77.2 Å². The van der Waals surface area contributed by atoms with E-state index in [0.717, 1.165) is 12.2 Å². The van der Waals surface area contributed by atoms with Gasteiger partial charge in [0.15, 0.2) is 0 Å². The molecule has 1 aromatic carbocycles. The van der Waals surface area contributed by atoms with Gasteiger partial charge in [0.2, 0.25) is 0 Å². The van der Waals surface area contributed by atoms with Gasteiger partial charge in [0, 0.05) is 13.0 Å². The molecule has 0 unspecified atom stereocenters. The Morgan fingerprint density at radius 3 is 2.84 bits per heavy atom. The van der Waals surface area contributed by atoms with E-state index >= 15 is 0 Å². The highest BCUT2D eigenvalue weighted by molar-refractivity contribution is 5.69. The number of para-hydroxylation sites is 1. The summed E-state index contributed by atoms with van der Waals surface area (Å²) in [5.41, 5.74) is 0.604. The molecule has 0 bridgehead atoms. The molecule has 2 rings (SSSR count). The SMILES string of the molecule is O=C(O)Cc1cnnn1CCCOc1ccccc1. The van der Waals surface area contributed by atoms with Crippen molar-refractivity contribution in [1.29, 1.82) is 0 Å². The standard InChI is InChI=1S/C13H15N3O3/c17-13(18)9-11-10-14-15-16(11)7-4-8-19-12-5-2-1-3-6-12/h1-3,5-6,10H,4,7-9H2,(H,17,18). The number of hydrogen-bond acceptors (Lipinski definition) is 4. The van der Waals surface area contributed by atoms with Gasteiger partial charge in [0.05, 0.1) is 24.9 Å².